The Kier molecular flexibility index (Phi) is 2.80. The van der Waals surface area contributed by atoms with Gasteiger partial charge in [0, 0.05) is 17.0 Å². The van der Waals surface area contributed by atoms with Crippen molar-refractivity contribution in [2.24, 2.45) is 5.73 Å². The van der Waals surface area contributed by atoms with E-state index in [9.17, 15) is 0 Å². The minimum Gasteiger partial charge on any atom is -0.496 e. The van der Waals surface area contributed by atoms with Gasteiger partial charge in [0.05, 0.1) is 7.11 Å². The quantitative estimate of drug-likeness (QED) is 0.846. The molecule has 0 amide bonds. The average Bonchev–Trinajstić information content (AvgIpc) is 2.27. The molecule has 15 heavy (non-hydrogen) atoms. The maximum Gasteiger partial charge on any atom is 0.127 e. The Hall–Kier alpha value is -1.25. The molecule has 0 radical (unpaired) electrons. The SMILES string of the molecule is COc1cc(CN)cc2ccc(Cl)cc12. The largest absolute Gasteiger partial charge is 0.496 e. The van der Waals surface area contributed by atoms with E-state index in [4.69, 9.17) is 22.1 Å². The fourth-order valence-corrected chi connectivity index (χ4v) is 1.81. The second kappa shape index (κ2) is 4.09. The van der Waals surface area contributed by atoms with Gasteiger partial charge in [-0.25, -0.2) is 0 Å². The smallest absolute Gasteiger partial charge is 0.127 e. The van der Waals surface area contributed by atoms with Gasteiger partial charge in [-0.05, 0) is 35.2 Å². The van der Waals surface area contributed by atoms with Gasteiger partial charge < -0.3 is 10.5 Å². The predicted molar refractivity (Wildman–Crippen MR) is 63.4 cm³/mol. The lowest BCUT2D eigenvalue weighted by molar-refractivity contribution is 0.419. The molecule has 0 heterocycles. The van der Waals surface area contributed by atoms with E-state index in [1.165, 1.54) is 0 Å². The molecule has 2 aromatic carbocycles. The van der Waals surface area contributed by atoms with Crippen molar-refractivity contribution < 1.29 is 4.74 Å². The third-order valence-corrected chi connectivity index (χ3v) is 2.63. The van der Waals surface area contributed by atoms with E-state index in [1.54, 1.807) is 7.11 Å². The summed E-state index contributed by atoms with van der Waals surface area (Å²) in [6.07, 6.45) is 0. The number of benzene rings is 2. The van der Waals surface area contributed by atoms with Gasteiger partial charge in [-0.15, -0.1) is 0 Å². The van der Waals surface area contributed by atoms with Crippen LogP contribution in [0.1, 0.15) is 5.56 Å². The van der Waals surface area contributed by atoms with Gasteiger partial charge in [-0.3, -0.25) is 0 Å². The molecule has 2 rings (SSSR count). The predicted octanol–water partition coefficient (Wildman–Crippen LogP) is 2.96. The summed E-state index contributed by atoms with van der Waals surface area (Å²) in [6.45, 7) is 0.509. The fourth-order valence-electron chi connectivity index (χ4n) is 1.64. The zero-order chi connectivity index (χ0) is 10.8. The molecule has 0 spiro atoms. The molecule has 2 aromatic rings. The normalized spacial score (nSPS) is 10.6. The van der Waals surface area contributed by atoms with E-state index in [-0.39, 0.29) is 0 Å². The summed E-state index contributed by atoms with van der Waals surface area (Å²) >= 11 is 5.94. The van der Waals surface area contributed by atoms with Crippen LogP contribution in [0, 0.1) is 0 Å². The Morgan fingerprint density at radius 2 is 2.07 bits per heavy atom. The van der Waals surface area contributed by atoms with Crippen LogP contribution >= 0.6 is 11.6 Å². The van der Waals surface area contributed by atoms with Crippen LogP contribution in [-0.4, -0.2) is 7.11 Å². The molecule has 2 nitrogen and oxygen atoms in total. The summed E-state index contributed by atoms with van der Waals surface area (Å²) in [5, 5.41) is 2.82. The van der Waals surface area contributed by atoms with E-state index >= 15 is 0 Å². The van der Waals surface area contributed by atoms with Gasteiger partial charge in [0.15, 0.2) is 0 Å². The number of hydrogen-bond donors (Lipinski definition) is 1. The van der Waals surface area contributed by atoms with Gasteiger partial charge in [-0.1, -0.05) is 17.7 Å². The zero-order valence-corrected chi connectivity index (χ0v) is 9.21. The van der Waals surface area contributed by atoms with Crippen LogP contribution in [0.4, 0.5) is 0 Å². The molecule has 0 fully saturated rings. The summed E-state index contributed by atoms with van der Waals surface area (Å²) in [6, 6.07) is 9.73. The Labute approximate surface area is 93.6 Å². The highest BCUT2D eigenvalue weighted by Gasteiger charge is 2.04. The molecule has 78 valence electrons. The Balaban J connectivity index is 2.75. The number of hydrogen-bond acceptors (Lipinski definition) is 2. The minimum absolute atomic E-state index is 0.509. The number of nitrogens with two attached hydrogens (primary N) is 1. The van der Waals surface area contributed by atoms with Crippen molar-refractivity contribution in [1.82, 2.24) is 0 Å². The van der Waals surface area contributed by atoms with E-state index in [0.29, 0.717) is 11.6 Å². The summed E-state index contributed by atoms with van der Waals surface area (Å²) in [5.74, 6) is 0.815. The summed E-state index contributed by atoms with van der Waals surface area (Å²) in [5.41, 5.74) is 6.67. The van der Waals surface area contributed by atoms with Crippen LogP contribution in [-0.2, 0) is 6.54 Å². The second-order valence-electron chi connectivity index (χ2n) is 3.37. The first kappa shape index (κ1) is 10.3. The minimum atomic E-state index is 0.509. The number of fused-ring (bicyclic) bond motifs is 1. The van der Waals surface area contributed by atoms with Crippen LogP contribution < -0.4 is 10.5 Å². The Morgan fingerprint density at radius 1 is 1.27 bits per heavy atom. The van der Waals surface area contributed by atoms with Crippen LogP contribution in [0.3, 0.4) is 0 Å². The molecule has 0 aromatic heterocycles. The number of methoxy groups -OCH3 is 1. The van der Waals surface area contributed by atoms with Crippen LogP contribution in [0.2, 0.25) is 5.02 Å². The second-order valence-corrected chi connectivity index (χ2v) is 3.80. The molecule has 0 atom stereocenters. The van der Waals surface area contributed by atoms with Crippen molar-refractivity contribution >= 4 is 22.4 Å². The number of ether oxygens (including phenoxy) is 1. The molecular formula is C12H12ClNO. The molecule has 3 heteroatoms. The molecule has 0 aliphatic rings. The standard InChI is InChI=1S/C12H12ClNO/c1-15-12-5-8(7-14)4-9-2-3-10(13)6-11(9)12/h2-6H,7,14H2,1H3. The molecular weight excluding hydrogens is 210 g/mol. The van der Waals surface area contributed by atoms with Crippen LogP contribution in [0.25, 0.3) is 10.8 Å². The van der Waals surface area contributed by atoms with Crippen LogP contribution in [0.5, 0.6) is 5.75 Å². The maximum atomic E-state index is 5.94. The van der Waals surface area contributed by atoms with Gasteiger partial charge in [0.1, 0.15) is 5.75 Å². The zero-order valence-electron chi connectivity index (χ0n) is 8.46. The molecule has 0 aliphatic carbocycles. The van der Waals surface area contributed by atoms with Gasteiger partial charge in [0.25, 0.3) is 0 Å². The Morgan fingerprint density at radius 3 is 2.73 bits per heavy atom. The highest BCUT2D eigenvalue weighted by Crippen LogP contribution is 2.29. The van der Waals surface area contributed by atoms with Crippen molar-refractivity contribution in [2.75, 3.05) is 7.11 Å². The first-order valence-electron chi connectivity index (χ1n) is 4.71. The molecule has 0 saturated heterocycles. The van der Waals surface area contributed by atoms with Crippen molar-refractivity contribution in [3.8, 4) is 5.75 Å². The molecule has 0 aliphatic heterocycles. The van der Waals surface area contributed by atoms with E-state index in [1.807, 2.05) is 30.3 Å². The van der Waals surface area contributed by atoms with Crippen molar-refractivity contribution in [3.05, 3.63) is 40.9 Å². The van der Waals surface area contributed by atoms with E-state index in [0.717, 1.165) is 22.1 Å². The Bertz CT molecular complexity index is 496. The summed E-state index contributed by atoms with van der Waals surface area (Å²) in [4.78, 5) is 0. The monoisotopic (exact) mass is 221 g/mol. The lowest BCUT2D eigenvalue weighted by Gasteiger charge is -2.08. The van der Waals surface area contributed by atoms with Gasteiger partial charge in [0.2, 0.25) is 0 Å². The average molecular weight is 222 g/mol. The number of halogens is 1. The number of rotatable bonds is 2. The third kappa shape index (κ3) is 1.91. The van der Waals surface area contributed by atoms with Gasteiger partial charge >= 0.3 is 0 Å². The van der Waals surface area contributed by atoms with E-state index in [2.05, 4.69) is 0 Å². The first-order valence-corrected chi connectivity index (χ1v) is 5.08. The topological polar surface area (TPSA) is 35.2 Å². The van der Waals surface area contributed by atoms with Crippen molar-refractivity contribution in [2.45, 2.75) is 6.54 Å². The lowest BCUT2D eigenvalue weighted by Crippen LogP contribution is -1.97. The summed E-state index contributed by atoms with van der Waals surface area (Å²) < 4.78 is 5.31. The molecule has 0 unspecified atom stereocenters. The third-order valence-electron chi connectivity index (χ3n) is 2.39. The highest BCUT2D eigenvalue weighted by atomic mass is 35.5. The van der Waals surface area contributed by atoms with Crippen molar-refractivity contribution in [1.29, 1.82) is 0 Å². The summed E-state index contributed by atoms with van der Waals surface area (Å²) in [7, 11) is 1.65. The lowest BCUT2D eigenvalue weighted by atomic mass is 10.1. The fraction of sp³-hybridized carbons (Fsp3) is 0.167. The molecule has 0 saturated carbocycles. The van der Waals surface area contributed by atoms with Crippen molar-refractivity contribution in [3.63, 3.8) is 0 Å². The van der Waals surface area contributed by atoms with Gasteiger partial charge in [-0.2, -0.15) is 0 Å². The van der Waals surface area contributed by atoms with E-state index < -0.39 is 0 Å². The molecule has 0 bridgehead atoms. The molecule has 2 N–H and O–H groups in total. The first-order chi connectivity index (χ1) is 7.24. The maximum absolute atomic E-state index is 5.94. The highest BCUT2D eigenvalue weighted by molar-refractivity contribution is 6.31. The van der Waals surface area contributed by atoms with Crippen LogP contribution in [0.15, 0.2) is 30.3 Å².